The molecule has 0 atom stereocenters. The molecule has 1 N–H and O–H groups in total. The molecule has 3 rings (SSSR count). The second kappa shape index (κ2) is 6.04. The molecule has 0 unspecified atom stereocenters. The van der Waals surface area contributed by atoms with Crippen LogP contribution in [0.3, 0.4) is 0 Å². The highest BCUT2D eigenvalue weighted by atomic mass is 35.5. The van der Waals surface area contributed by atoms with Crippen molar-refractivity contribution in [3.63, 3.8) is 0 Å². The summed E-state index contributed by atoms with van der Waals surface area (Å²) in [6, 6.07) is 7.20. The van der Waals surface area contributed by atoms with Gasteiger partial charge in [0.25, 0.3) is 0 Å². The summed E-state index contributed by atoms with van der Waals surface area (Å²) in [4.78, 5) is 25.4. The molecule has 7 heteroatoms. The van der Waals surface area contributed by atoms with Crippen molar-refractivity contribution in [2.24, 2.45) is 7.05 Å². The third-order valence-electron chi connectivity index (χ3n) is 4.07. The molecule has 6 nitrogen and oxygen atoms in total. The number of hydrogen-bond acceptors (Lipinski definition) is 3. The van der Waals surface area contributed by atoms with Crippen LogP contribution in [0.5, 0.6) is 0 Å². The Balaban J connectivity index is 1.75. The van der Waals surface area contributed by atoms with E-state index in [9.17, 15) is 14.7 Å². The van der Waals surface area contributed by atoms with E-state index in [1.165, 1.54) is 0 Å². The van der Waals surface area contributed by atoms with Gasteiger partial charge in [0.15, 0.2) is 5.69 Å². The predicted molar refractivity (Wildman–Crippen MR) is 84.4 cm³/mol. The molecule has 1 aliphatic heterocycles. The SMILES string of the molecule is Cn1nc(C(=O)O)c2c1CN(C(=O)Cc1ccc(Cl)cc1)CC2. The number of aromatic carboxylic acids is 1. The Morgan fingerprint density at radius 3 is 2.65 bits per heavy atom. The summed E-state index contributed by atoms with van der Waals surface area (Å²) in [5.74, 6) is -1.01. The van der Waals surface area contributed by atoms with Gasteiger partial charge in [-0.25, -0.2) is 4.79 Å². The van der Waals surface area contributed by atoms with Gasteiger partial charge >= 0.3 is 5.97 Å². The molecule has 1 aliphatic rings. The topological polar surface area (TPSA) is 75.4 Å². The van der Waals surface area contributed by atoms with Gasteiger partial charge in [-0.1, -0.05) is 23.7 Å². The van der Waals surface area contributed by atoms with Crippen molar-refractivity contribution in [1.29, 1.82) is 0 Å². The molecule has 1 amide bonds. The first kappa shape index (κ1) is 15.6. The van der Waals surface area contributed by atoms with Crippen LogP contribution < -0.4 is 0 Å². The standard InChI is InChI=1S/C16H16ClN3O3/c1-19-13-9-20(7-6-12(13)15(18-19)16(22)23)14(21)8-10-2-4-11(17)5-3-10/h2-5H,6-9H2,1H3,(H,22,23). The van der Waals surface area contributed by atoms with E-state index in [4.69, 9.17) is 11.6 Å². The molecule has 0 radical (unpaired) electrons. The van der Waals surface area contributed by atoms with E-state index < -0.39 is 5.97 Å². The molecule has 0 fully saturated rings. The number of carbonyl (C=O) groups is 2. The van der Waals surface area contributed by atoms with Gasteiger partial charge in [0.05, 0.1) is 18.7 Å². The fraction of sp³-hybridized carbons (Fsp3) is 0.312. The number of carboxylic acid groups (broad SMARTS) is 1. The van der Waals surface area contributed by atoms with Crippen LogP contribution in [0.2, 0.25) is 5.02 Å². The average molecular weight is 334 g/mol. The van der Waals surface area contributed by atoms with Gasteiger partial charge in [0.1, 0.15) is 0 Å². The Morgan fingerprint density at radius 1 is 1.30 bits per heavy atom. The minimum atomic E-state index is -1.03. The number of carbonyl (C=O) groups excluding carboxylic acids is 1. The van der Waals surface area contributed by atoms with Crippen molar-refractivity contribution < 1.29 is 14.7 Å². The maximum absolute atomic E-state index is 12.5. The predicted octanol–water partition coefficient (Wildman–Crippen LogP) is 1.90. The molecule has 0 saturated heterocycles. The molecule has 0 aliphatic carbocycles. The number of carboxylic acids is 1. The molecule has 0 saturated carbocycles. The van der Waals surface area contributed by atoms with Crippen molar-refractivity contribution in [3.8, 4) is 0 Å². The van der Waals surface area contributed by atoms with E-state index in [1.54, 1.807) is 28.8 Å². The van der Waals surface area contributed by atoms with Crippen LogP contribution in [0, 0.1) is 0 Å². The zero-order valence-corrected chi connectivity index (χ0v) is 13.4. The van der Waals surface area contributed by atoms with Gasteiger partial charge in [0, 0.05) is 24.2 Å². The van der Waals surface area contributed by atoms with Crippen molar-refractivity contribution in [3.05, 3.63) is 51.8 Å². The van der Waals surface area contributed by atoms with E-state index in [1.807, 2.05) is 12.1 Å². The Bertz CT molecular complexity index is 768. The summed E-state index contributed by atoms with van der Waals surface area (Å²) in [7, 11) is 1.71. The van der Waals surface area contributed by atoms with Gasteiger partial charge in [-0.15, -0.1) is 0 Å². The summed E-state index contributed by atoms with van der Waals surface area (Å²) >= 11 is 5.85. The molecular formula is C16H16ClN3O3. The number of nitrogens with zero attached hydrogens (tertiary/aromatic N) is 3. The first-order chi connectivity index (χ1) is 11.0. The summed E-state index contributed by atoms with van der Waals surface area (Å²) in [5, 5.41) is 13.9. The highest BCUT2D eigenvalue weighted by molar-refractivity contribution is 6.30. The highest BCUT2D eigenvalue weighted by Gasteiger charge is 2.28. The lowest BCUT2D eigenvalue weighted by atomic mass is 10.0. The summed E-state index contributed by atoms with van der Waals surface area (Å²) in [5.41, 5.74) is 2.52. The van der Waals surface area contributed by atoms with Crippen LogP contribution in [0.4, 0.5) is 0 Å². The summed E-state index contributed by atoms with van der Waals surface area (Å²) in [6.07, 6.45) is 0.813. The van der Waals surface area contributed by atoms with Crippen LogP contribution in [-0.4, -0.2) is 38.2 Å². The number of halogens is 1. The quantitative estimate of drug-likeness (QED) is 0.930. The monoisotopic (exact) mass is 333 g/mol. The molecule has 2 heterocycles. The summed E-state index contributed by atoms with van der Waals surface area (Å²) in [6.45, 7) is 0.893. The normalized spacial score (nSPS) is 13.7. The van der Waals surface area contributed by atoms with E-state index in [2.05, 4.69) is 5.10 Å². The lowest BCUT2D eigenvalue weighted by molar-refractivity contribution is -0.131. The van der Waals surface area contributed by atoms with Gasteiger partial charge in [0.2, 0.25) is 5.91 Å². The van der Waals surface area contributed by atoms with Crippen LogP contribution >= 0.6 is 11.6 Å². The van der Waals surface area contributed by atoms with Crippen LogP contribution in [0.1, 0.15) is 27.3 Å². The van der Waals surface area contributed by atoms with E-state index in [0.29, 0.717) is 31.0 Å². The molecule has 1 aromatic carbocycles. The van der Waals surface area contributed by atoms with E-state index in [-0.39, 0.29) is 11.6 Å². The van der Waals surface area contributed by atoms with Crippen molar-refractivity contribution in [1.82, 2.24) is 14.7 Å². The third-order valence-corrected chi connectivity index (χ3v) is 4.32. The Morgan fingerprint density at radius 2 is 2.00 bits per heavy atom. The molecule has 23 heavy (non-hydrogen) atoms. The van der Waals surface area contributed by atoms with Gasteiger partial charge in [-0.3, -0.25) is 9.48 Å². The van der Waals surface area contributed by atoms with Gasteiger partial charge < -0.3 is 10.0 Å². The third kappa shape index (κ3) is 3.07. The molecule has 0 bridgehead atoms. The lowest BCUT2D eigenvalue weighted by Gasteiger charge is -2.27. The second-order valence-corrected chi connectivity index (χ2v) is 6.01. The van der Waals surface area contributed by atoms with Crippen molar-refractivity contribution in [2.45, 2.75) is 19.4 Å². The molecule has 0 spiro atoms. The number of fused-ring (bicyclic) bond motifs is 1. The first-order valence-electron chi connectivity index (χ1n) is 7.26. The van der Waals surface area contributed by atoms with Gasteiger partial charge in [-0.2, -0.15) is 5.10 Å². The maximum Gasteiger partial charge on any atom is 0.356 e. The Kier molecular flexibility index (Phi) is 4.09. The number of hydrogen-bond donors (Lipinski definition) is 1. The molecular weight excluding hydrogens is 318 g/mol. The number of aryl methyl sites for hydroxylation is 1. The molecule has 1 aromatic heterocycles. The van der Waals surface area contributed by atoms with Crippen molar-refractivity contribution >= 4 is 23.5 Å². The molecule has 2 aromatic rings. The lowest BCUT2D eigenvalue weighted by Crippen LogP contribution is -2.37. The number of benzene rings is 1. The second-order valence-electron chi connectivity index (χ2n) is 5.57. The highest BCUT2D eigenvalue weighted by Crippen LogP contribution is 2.23. The minimum Gasteiger partial charge on any atom is -0.476 e. The van der Waals surface area contributed by atoms with Gasteiger partial charge in [-0.05, 0) is 24.1 Å². The zero-order valence-electron chi connectivity index (χ0n) is 12.6. The van der Waals surface area contributed by atoms with Crippen LogP contribution in [-0.2, 0) is 31.2 Å². The number of rotatable bonds is 3. The number of amides is 1. The summed E-state index contributed by atoms with van der Waals surface area (Å²) < 4.78 is 1.56. The van der Waals surface area contributed by atoms with Crippen molar-refractivity contribution in [2.75, 3.05) is 6.54 Å². The smallest absolute Gasteiger partial charge is 0.356 e. The minimum absolute atomic E-state index is 0.0102. The van der Waals surface area contributed by atoms with Crippen LogP contribution in [0.15, 0.2) is 24.3 Å². The number of aromatic nitrogens is 2. The Hall–Kier alpha value is -2.34. The van der Waals surface area contributed by atoms with Crippen LogP contribution in [0.25, 0.3) is 0 Å². The maximum atomic E-state index is 12.5. The first-order valence-corrected chi connectivity index (χ1v) is 7.63. The fourth-order valence-corrected chi connectivity index (χ4v) is 2.97. The Labute approximate surface area is 138 Å². The zero-order chi connectivity index (χ0) is 16.6. The average Bonchev–Trinajstić information content (AvgIpc) is 2.86. The fourth-order valence-electron chi connectivity index (χ4n) is 2.84. The van der Waals surface area contributed by atoms with E-state index in [0.717, 1.165) is 16.8 Å². The molecule has 120 valence electrons. The van der Waals surface area contributed by atoms with E-state index >= 15 is 0 Å². The largest absolute Gasteiger partial charge is 0.476 e.